The Kier molecular flexibility index (Phi) is 14.6. The van der Waals surface area contributed by atoms with Gasteiger partial charge in [0.15, 0.2) is 17.4 Å². The lowest BCUT2D eigenvalue weighted by atomic mass is 9.90. The maximum absolute atomic E-state index is 16.3. The molecule has 0 fully saturated rings. The van der Waals surface area contributed by atoms with Gasteiger partial charge in [-0.25, -0.2) is 19.2 Å². The lowest BCUT2D eigenvalue weighted by Crippen LogP contribution is -2.17. The molecule has 18 heteroatoms. The van der Waals surface area contributed by atoms with Gasteiger partial charge in [-0.15, -0.1) is 9.78 Å². The molecule has 4 rings (SSSR count). The minimum atomic E-state index is -0.950. The Morgan fingerprint density at radius 3 is 2.27 bits per heavy atom. The molecule has 0 unspecified atom stereocenters. The smallest absolute Gasteiger partial charge is 0.497 e. The van der Waals surface area contributed by atoms with Gasteiger partial charge >= 0.3 is 18.1 Å². The van der Waals surface area contributed by atoms with Crippen LogP contribution in [0.5, 0.6) is 17.5 Å². The Morgan fingerprint density at radius 2 is 1.69 bits per heavy atom. The quantitative estimate of drug-likeness (QED) is 0.0523. The highest BCUT2D eigenvalue weighted by atomic mass is 19.1. The van der Waals surface area contributed by atoms with Crippen molar-refractivity contribution >= 4 is 23.9 Å². The Morgan fingerprint density at radius 1 is 1.02 bits per heavy atom. The predicted molar refractivity (Wildman–Crippen MR) is 177 cm³/mol. The van der Waals surface area contributed by atoms with Crippen LogP contribution in [0.25, 0.3) is 5.95 Å². The van der Waals surface area contributed by atoms with Crippen LogP contribution in [0, 0.1) is 11.2 Å². The minimum Gasteiger partial charge on any atom is -0.497 e. The van der Waals surface area contributed by atoms with Crippen LogP contribution in [-0.2, 0) is 30.2 Å². The first-order valence-electron chi connectivity index (χ1n) is 15.3. The number of rotatable bonds is 15. The molecule has 51 heavy (non-hydrogen) atoms. The van der Waals surface area contributed by atoms with Crippen LogP contribution in [0.2, 0.25) is 0 Å². The van der Waals surface area contributed by atoms with E-state index >= 15 is 4.39 Å². The van der Waals surface area contributed by atoms with E-state index in [4.69, 9.17) is 49.5 Å². The molecule has 2 aromatic heterocycles. The van der Waals surface area contributed by atoms with E-state index in [0.717, 1.165) is 12.5 Å². The van der Waals surface area contributed by atoms with Gasteiger partial charge in [0.05, 0.1) is 19.1 Å². The Bertz CT molecular complexity index is 1780. The summed E-state index contributed by atoms with van der Waals surface area (Å²) in [5.41, 5.74) is 6.98. The highest BCUT2D eigenvalue weighted by molar-refractivity contribution is 5.94. The number of aliphatic carboxylic acids is 1. The molecule has 0 saturated carbocycles. The molecule has 2 aromatic carbocycles. The highest BCUT2D eigenvalue weighted by Gasteiger charge is 2.29. The van der Waals surface area contributed by atoms with Gasteiger partial charge < -0.3 is 39.3 Å². The van der Waals surface area contributed by atoms with Gasteiger partial charge in [0, 0.05) is 43.4 Å². The molecule has 0 bridgehead atoms. The van der Waals surface area contributed by atoms with E-state index in [1.807, 2.05) is 0 Å². The van der Waals surface area contributed by atoms with Gasteiger partial charge in [0.25, 0.3) is 11.9 Å². The number of nitrogen functional groups attached to an aromatic ring is 1. The highest BCUT2D eigenvalue weighted by Crippen LogP contribution is 2.37. The monoisotopic (exact) mass is 711 g/mol. The van der Waals surface area contributed by atoms with Crippen molar-refractivity contribution in [2.24, 2.45) is 5.73 Å². The van der Waals surface area contributed by atoms with E-state index in [2.05, 4.69) is 20.1 Å². The molecule has 0 amide bonds. The van der Waals surface area contributed by atoms with Gasteiger partial charge in [-0.3, -0.25) is 15.0 Å². The van der Waals surface area contributed by atoms with Crippen LogP contribution in [0.3, 0.4) is 0 Å². The lowest BCUT2D eigenvalue weighted by molar-refractivity contribution is -0.141. The normalized spacial score (nSPS) is 11.0. The molecule has 0 aliphatic carbocycles. The number of esters is 1. The van der Waals surface area contributed by atoms with E-state index in [0.29, 0.717) is 5.56 Å². The number of hydrogen-bond donors (Lipinski definition) is 3. The summed E-state index contributed by atoms with van der Waals surface area (Å²) < 4.78 is 49.1. The Labute approximate surface area is 291 Å². The zero-order valence-electron chi connectivity index (χ0n) is 28.5. The van der Waals surface area contributed by atoms with Gasteiger partial charge in [-0.05, 0) is 38.0 Å². The number of amidine groups is 1. The Hall–Kier alpha value is -6.33. The zero-order chi connectivity index (χ0) is 37.5. The van der Waals surface area contributed by atoms with Gasteiger partial charge in [-0.1, -0.05) is 24.3 Å². The number of benzene rings is 2. The van der Waals surface area contributed by atoms with Crippen molar-refractivity contribution in [2.45, 2.75) is 46.1 Å². The van der Waals surface area contributed by atoms with Crippen LogP contribution in [0.1, 0.15) is 56.1 Å². The van der Waals surface area contributed by atoms with E-state index in [1.54, 1.807) is 44.2 Å². The number of carboxylic acids is 1. The molecule has 272 valence electrons. The fraction of sp³-hybridized carbons (Fsp3) is 0.333. The molecule has 0 radical (unpaired) electrons. The molecule has 4 aromatic rings. The first kappa shape index (κ1) is 39.1. The van der Waals surface area contributed by atoms with E-state index in [-0.39, 0.29) is 60.3 Å². The third-order valence-corrected chi connectivity index (χ3v) is 6.35. The van der Waals surface area contributed by atoms with Crippen molar-refractivity contribution in [2.75, 3.05) is 27.1 Å². The van der Waals surface area contributed by atoms with Crippen LogP contribution in [0.4, 0.5) is 9.18 Å². The molecule has 0 aliphatic heterocycles. The molecule has 17 nitrogen and oxygen atoms in total. The number of carbonyl (C=O) groups is 3. The molecule has 1 atom stereocenters. The summed E-state index contributed by atoms with van der Waals surface area (Å²) in [6.45, 7) is 4.88. The second-order valence-corrected chi connectivity index (χ2v) is 10.6. The van der Waals surface area contributed by atoms with E-state index in [1.165, 1.54) is 43.2 Å². The second kappa shape index (κ2) is 19.0. The standard InChI is InChI=1S/C31H34FN7O8.C2H4O2/c1-18(2)47-31(41)46-17-45-30-37-28(38-39(30)29-35-10-5-11-36-29)24(14-20-6-8-21(9-7-20)27(33)34)23-15-22(42-4)16-25(26(23)32)44-13-12-43-19(3)40;1-2(3)4/h5-11,15-16,18,24H,12-14,17H2,1-4H3,(H3,33,34);1H3,(H,3,4)/t24-;/m1./s1. The summed E-state index contributed by atoms with van der Waals surface area (Å²) in [6, 6.07) is 11.2. The van der Waals surface area contributed by atoms with Crippen molar-refractivity contribution in [3.8, 4) is 23.5 Å². The molecule has 0 saturated heterocycles. The van der Waals surface area contributed by atoms with Crippen molar-refractivity contribution in [3.63, 3.8) is 0 Å². The summed E-state index contributed by atoms with van der Waals surface area (Å²) in [6.07, 6.45) is 1.77. The number of aromatic nitrogens is 5. The summed E-state index contributed by atoms with van der Waals surface area (Å²) in [4.78, 5) is 45.1. The summed E-state index contributed by atoms with van der Waals surface area (Å²) in [7, 11) is 1.42. The summed E-state index contributed by atoms with van der Waals surface area (Å²) >= 11 is 0. The predicted octanol–water partition coefficient (Wildman–Crippen LogP) is 3.79. The number of carboxylic acid groups (broad SMARTS) is 1. The molecular weight excluding hydrogens is 673 g/mol. The summed E-state index contributed by atoms with van der Waals surface area (Å²) in [5, 5.41) is 19.7. The number of halogens is 1. The maximum Gasteiger partial charge on any atom is 0.511 e. The largest absolute Gasteiger partial charge is 0.511 e. The van der Waals surface area contributed by atoms with Crippen LogP contribution in [-0.4, -0.2) is 87.0 Å². The van der Waals surface area contributed by atoms with Gasteiger partial charge in [0.1, 0.15) is 24.8 Å². The number of nitrogens with zero attached hydrogens (tertiary/aromatic N) is 5. The topological polar surface area (TPSA) is 233 Å². The number of methoxy groups -OCH3 is 1. The van der Waals surface area contributed by atoms with Gasteiger partial charge in [0.2, 0.25) is 6.79 Å². The molecular formula is C33H38FN7O10. The molecule has 4 N–H and O–H groups in total. The fourth-order valence-corrected chi connectivity index (χ4v) is 4.24. The average molecular weight is 712 g/mol. The van der Waals surface area contributed by atoms with Crippen LogP contribution >= 0.6 is 0 Å². The molecule has 2 heterocycles. The number of ether oxygens (including phenoxy) is 6. The lowest BCUT2D eigenvalue weighted by Gasteiger charge is -2.19. The molecule has 0 aliphatic rings. The number of nitrogens with two attached hydrogens (primary N) is 1. The number of carbonyl (C=O) groups excluding carboxylic acids is 2. The third kappa shape index (κ3) is 12.3. The van der Waals surface area contributed by atoms with Crippen LogP contribution in [0.15, 0.2) is 54.9 Å². The first-order chi connectivity index (χ1) is 24.3. The van der Waals surface area contributed by atoms with E-state index < -0.39 is 42.7 Å². The number of nitrogens with one attached hydrogen (secondary N) is 1. The molecule has 0 spiro atoms. The van der Waals surface area contributed by atoms with Crippen molar-refractivity contribution in [3.05, 3.63) is 83.2 Å². The minimum absolute atomic E-state index is 0.0798. The van der Waals surface area contributed by atoms with E-state index in [9.17, 15) is 9.59 Å². The third-order valence-electron chi connectivity index (χ3n) is 6.35. The fourth-order valence-electron chi connectivity index (χ4n) is 4.24. The van der Waals surface area contributed by atoms with Gasteiger partial charge in [-0.2, -0.15) is 4.98 Å². The van der Waals surface area contributed by atoms with Crippen molar-refractivity contribution in [1.29, 1.82) is 5.41 Å². The summed E-state index contributed by atoms with van der Waals surface area (Å²) in [5.74, 6) is -2.76. The van der Waals surface area contributed by atoms with Crippen molar-refractivity contribution in [1.82, 2.24) is 24.7 Å². The SMILES string of the molecule is CC(=O)O.COc1cc(OCCOC(C)=O)c(F)c([C@@H](Cc2ccc(C(=N)N)cc2)c2nc(OCOC(=O)OC(C)C)n(-c3ncccn3)n2)c1. The number of hydrogen-bond acceptors (Lipinski definition) is 14. The first-order valence-corrected chi connectivity index (χ1v) is 15.3. The average Bonchev–Trinajstić information content (AvgIpc) is 3.50. The van der Waals surface area contributed by atoms with Crippen LogP contribution < -0.4 is 19.9 Å². The Balaban J connectivity index is 0.00000166. The van der Waals surface area contributed by atoms with Crippen molar-refractivity contribution < 1.29 is 52.3 Å². The maximum atomic E-state index is 16.3. The zero-order valence-corrected chi connectivity index (χ0v) is 28.5. The second-order valence-electron chi connectivity index (χ2n) is 10.6.